The quantitative estimate of drug-likeness (QED) is 0.00883. The van der Waals surface area contributed by atoms with Gasteiger partial charge in [0.2, 0.25) is 0 Å². The van der Waals surface area contributed by atoms with Crippen LogP contribution in [0.25, 0.3) is 0 Å². The van der Waals surface area contributed by atoms with Crippen LogP contribution in [-0.4, -0.2) is 127 Å². The van der Waals surface area contributed by atoms with Gasteiger partial charge < -0.3 is 47.4 Å². The van der Waals surface area contributed by atoms with Crippen molar-refractivity contribution in [1.82, 2.24) is 0 Å². The lowest BCUT2D eigenvalue weighted by molar-refractivity contribution is -0.293. The van der Waals surface area contributed by atoms with Gasteiger partial charge >= 0.3 is 54.6 Å². The largest absolute Gasteiger partial charge is 0.466 e. The predicted octanol–water partition coefficient (Wildman–Crippen LogP) is 13.1. The van der Waals surface area contributed by atoms with Gasteiger partial charge in [0.1, 0.15) is 24.4 Å². The summed E-state index contributed by atoms with van der Waals surface area (Å²) in [4.78, 5) is 66.9. The lowest BCUT2D eigenvalue weighted by atomic mass is 9.90. The first kappa shape index (κ1) is 74.6. The van der Waals surface area contributed by atoms with Crippen LogP contribution in [-0.2, 0) is 93.7 Å². The fourth-order valence-electron chi connectivity index (χ4n) is 9.86. The lowest BCUT2D eigenvalue weighted by Crippen LogP contribution is -2.60. The van der Waals surface area contributed by atoms with Crippen LogP contribution < -0.4 is 0 Å². The fourth-order valence-corrected chi connectivity index (χ4v) is 9.86. The van der Waals surface area contributed by atoms with E-state index in [-0.39, 0.29) is 25.7 Å². The summed E-state index contributed by atoms with van der Waals surface area (Å²) >= 11 is 0. The predicted molar refractivity (Wildman–Crippen MR) is 304 cm³/mol. The average molecular weight is 1320 g/mol. The molecule has 92 heavy (non-hydrogen) atoms. The van der Waals surface area contributed by atoms with E-state index in [1.807, 2.05) is 0 Å². The zero-order chi connectivity index (χ0) is 68.2. The van der Waals surface area contributed by atoms with Crippen molar-refractivity contribution in [2.45, 2.75) is 129 Å². The van der Waals surface area contributed by atoms with E-state index in [4.69, 9.17) is 42.6 Å². The van der Waals surface area contributed by atoms with E-state index in [0.717, 1.165) is 79.9 Å². The Morgan fingerprint density at radius 2 is 0.880 bits per heavy atom. The molecule has 4 aromatic rings. The SMILES string of the molecule is COC(=O)/C=C\C=C\C[C@@H](/C=C/C=C\C[C@@H](C[C@H]1O[C@@H](/C=C/CCC[C@@H](C)OC(=O)[C@](OC)(c2ccccc2)C(F)(F)F)[C@@H]1OC(=O)[C@](OC)(c1ccccc1)C(F)(F)F)OC(=O)[C@](OC)(c1ccccc1)C(F)(F)F)OC(=O)[C@](OC)(c1ccccc1)C(F)(F)F. The molecule has 0 bridgehead atoms. The molecule has 10 atom stereocenters. The number of rotatable bonds is 31. The summed E-state index contributed by atoms with van der Waals surface area (Å²) in [5, 5.41) is 0. The van der Waals surface area contributed by atoms with Crippen LogP contribution in [0, 0.1) is 0 Å². The van der Waals surface area contributed by atoms with Crippen molar-refractivity contribution in [1.29, 1.82) is 0 Å². The van der Waals surface area contributed by atoms with Gasteiger partial charge in [-0.2, -0.15) is 52.7 Å². The van der Waals surface area contributed by atoms with Crippen molar-refractivity contribution in [3.63, 3.8) is 0 Å². The van der Waals surface area contributed by atoms with E-state index in [9.17, 15) is 50.3 Å². The van der Waals surface area contributed by atoms with Crippen molar-refractivity contribution in [2.24, 2.45) is 0 Å². The first-order chi connectivity index (χ1) is 43.4. The fraction of sp³-hybridized carbons (Fsp3) is 0.400. The number of unbranched alkanes of at least 4 members (excludes halogenated alkanes) is 1. The minimum atomic E-state index is -5.54. The number of benzene rings is 4. The summed E-state index contributed by atoms with van der Waals surface area (Å²) in [5.74, 6) is -8.50. The summed E-state index contributed by atoms with van der Waals surface area (Å²) in [6.07, 6.45) is -20.7. The molecule has 1 aliphatic rings. The van der Waals surface area contributed by atoms with Gasteiger partial charge in [-0.25, -0.2) is 24.0 Å². The molecule has 0 radical (unpaired) electrons. The molecular weight excluding hydrogens is 1250 g/mol. The highest BCUT2D eigenvalue weighted by atomic mass is 19.4. The van der Waals surface area contributed by atoms with Crippen molar-refractivity contribution in [3.05, 3.63) is 204 Å². The first-order valence-corrected chi connectivity index (χ1v) is 28.0. The van der Waals surface area contributed by atoms with E-state index in [2.05, 4.69) is 4.74 Å². The lowest BCUT2D eigenvalue weighted by Gasteiger charge is -2.45. The van der Waals surface area contributed by atoms with Gasteiger partial charge in [-0.15, -0.1) is 0 Å². The van der Waals surface area contributed by atoms with Gasteiger partial charge in [0.05, 0.1) is 13.2 Å². The van der Waals surface area contributed by atoms with Crippen LogP contribution in [0.2, 0.25) is 0 Å². The number of methoxy groups -OCH3 is 5. The molecule has 1 heterocycles. The molecule has 0 saturated carbocycles. The smallest absolute Gasteiger partial charge is 0.432 e. The molecule has 1 aliphatic heterocycles. The third kappa shape index (κ3) is 16.9. The summed E-state index contributed by atoms with van der Waals surface area (Å²) in [5.41, 5.74) is -17.4. The van der Waals surface area contributed by atoms with Gasteiger partial charge in [-0.05, 0) is 32.3 Å². The molecule has 0 aliphatic carbocycles. The Hall–Kier alpha value is -8.11. The van der Waals surface area contributed by atoms with Gasteiger partial charge in [0.25, 0.3) is 22.4 Å². The number of ether oxygens (including phenoxy) is 10. The number of alkyl halides is 12. The summed E-state index contributed by atoms with van der Waals surface area (Å²) in [7, 11) is 3.60. The summed E-state index contributed by atoms with van der Waals surface area (Å²) < 4.78 is 232. The molecule has 0 N–H and O–H groups in total. The molecule has 500 valence electrons. The number of halogens is 12. The van der Waals surface area contributed by atoms with Crippen LogP contribution in [0.5, 0.6) is 0 Å². The number of carbonyl (C=O) groups is 5. The topological polar surface area (TPSA) is 178 Å². The third-order valence-electron chi connectivity index (χ3n) is 14.6. The number of hydrogen-bond acceptors (Lipinski definition) is 15. The van der Waals surface area contributed by atoms with Crippen LogP contribution in [0.1, 0.15) is 67.7 Å². The normalized spacial score (nSPS) is 19.5. The average Bonchev–Trinajstić information content (AvgIpc) is 0.777. The number of allylic oxidation sites excluding steroid dienone is 5. The molecule has 1 saturated heterocycles. The van der Waals surface area contributed by atoms with Crippen molar-refractivity contribution >= 4 is 29.8 Å². The first-order valence-electron chi connectivity index (χ1n) is 28.0. The molecule has 0 spiro atoms. The van der Waals surface area contributed by atoms with Crippen molar-refractivity contribution < 1.29 is 124 Å². The Morgan fingerprint density at radius 1 is 0.489 bits per heavy atom. The second-order valence-corrected chi connectivity index (χ2v) is 20.4. The Morgan fingerprint density at radius 3 is 1.29 bits per heavy atom. The zero-order valence-corrected chi connectivity index (χ0v) is 50.2. The number of hydrogen-bond donors (Lipinski definition) is 0. The molecule has 5 rings (SSSR count). The molecule has 0 unspecified atom stereocenters. The highest BCUT2D eigenvalue weighted by molar-refractivity contribution is 5.85. The van der Waals surface area contributed by atoms with E-state index in [1.54, 1.807) is 0 Å². The Balaban J connectivity index is 1.50. The maximum absolute atomic E-state index is 15.3. The Kier molecular flexibility index (Phi) is 26.3. The summed E-state index contributed by atoms with van der Waals surface area (Å²) in [6.45, 7) is 1.32. The van der Waals surface area contributed by atoms with Crippen molar-refractivity contribution in [3.8, 4) is 0 Å². The van der Waals surface area contributed by atoms with Crippen LogP contribution in [0.3, 0.4) is 0 Å². The molecule has 0 aromatic heterocycles. The van der Waals surface area contributed by atoms with E-state index in [0.29, 0.717) is 28.4 Å². The van der Waals surface area contributed by atoms with Crippen molar-refractivity contribution in [2.75, 3.05) is 35.5 Å². The van der Waals surface area contributed by atoms with Gasteiger partial charge in [-0.1, -0.05) is 170 Å². The zero-order valence-electron chi connectivity index (χ0n) is 50.2. The Bertz CT molecular complexity index is 3190. The second kappa shape index (κ2) is 32.4. The number of esters is 5. The van der Waals surface area contributed by atoms with Crippen LogP contribution >= 0.6 is 0 Å². The third-order valence-corrected chi connectivity index (χ3v) is 14.6. The minimum absolute atomic E-state index is 0.0228. The molecule has 15 nitrogen and oxygen atoms in total. The van der Waals surface area contributed by atoms with E-state index < -0.39 is 149 Å². The molecule has 1 fully saturated rings. The molecule has 0 amide bonds. The van der Waals surface area contributed by atoms with E-state index in [1.165, 1.54) is 116 Å². The van der Waals surface area contributed by atoms with Gasteiger partial charge in [0, 0.05) is 76.0 Å². The highest BCUT2D eigenvalue weighted by Gasteiger charge is 2.68. The molecule has 27 heteroatoms. The van der Waals surface area contributed by atoms with Gasteiger partial charge in [-0.3, -0.25) is 0 Å². The van der Waals surface area contributed by atoms with Gasteiger partial charge in [0.15, 0.2) is 6.10 Å². The molecular formula is C65H66F12O15. The number of carbonyl (C=O) groups excluding carboxylic acids is 5. The molecule has 4 aromatic carbocycles. The van der Waals surface area contributed by atoms with Crippen LogP contribution in [0.4, 0.5) is 52.7 Å². The minimum Gasteiger partial charge on any atom is -0.466 e. The second-order valence-electron chi connectivity index (χ2n) is 20.4. The maximum atomic E-state index is 15.3. The standard InChI is InChI=1S/C65H66F12O15/c1-43(88-54(79)58(84-3,62(66,67)68)44-29-15-8-16-30-44)28-14-7-26-40-50-53(92-57(82)61(87-6,65(75,76)77)47-35-21-11-22-36-47)51(91-50)42-49(90-56(81)60(86-5,64(72,73)74)46-33-19-10-20-34-46)39-25-12-23-37-48(38-24-13-27-41-52(78)83-2)89-55(80)59(85-4,63(69,70)71)45-31-17-9-18-32-45/h8-13,15-27,29-37,40-41,43,48-51,53H,7,14,28,38-39,42H2,1-6H3/b24-13+,25-12-,37-23+,40-26+,41-27-/t43-,48-,49+,50+,51-,53+,58-,59-,60-,61-/m1/s1. The monoisotopic (exact) mass is 1310 g/mol. The Labute approximate surface area is 521 Å². The maximum Gasteiger partial charge on any atom is 0.432 e. The summed E-state index contributed by atoms with van der Waals surface area (Å²) in [6, 6.07) is 23.0. The highest BCUT2D eigenvalue weighted by Crippen LogP contribution is 2.48. The van der Waals surface area contributed by atoms with E-state index >= 15 is 26.3 Å². The van der Waals surface area contributed by atoms with Crippen LogP contribution in [0.15, 0.2) is 182 Å².